The molecule has 0 aromatic heterocycles. The summed E-state index contributed by atoms with van der Waals surface area (Å²) in [6, 6.07) is 0. The van der Waals surface area contributed by atoms with Gasteiger partial charge in [-0.1, -0.05) is 70.4 Å². The Bertz CT molecular complexity index is 336. The van der Waals surface area contributed by atoms with Crippen molar-refractivity contribution in [2.45, 2.75) is 90.4 Å². The molecular formula is C21H41N3. The predicted octanol–water partition coefficient (Wildman–Crippen LogP) is 5.31. The van der Waals surface area contributed by atoms with Crippen LogP contribution in [0.2, 0.25) is 0 Å². The highest BCUT2D eigenvalue weighted by Crippen LogP contribution is 2.13. The van der Waals surface area contributed by atoms with E-state index in [4.69, 9.17) is 5.73 Å². The lowest BCUT2D eigenvalue weighted by Gasteiger charge is -2.19. The van der Waals surface area contributed by atoms with Gasteiger partial charge in [0.05, 0.1) is 12.4 Å². The normalized spacial score (nSPS) is 14.8. The van der Waals surface area contributed by atoms with Crippen LogP contribution < -0.4 is 5.73 Å². The van der Waals surface area contributed by atoms with Gasteiger partial charge in [0.25, 0.3) is 0 Å². The average Bonchev–Trinajstić information content (AvgIpc) is 3.03. The van der Waals surface area contributed by atoms with Gasteiger partial charge in [-0.3, -0.25) is 4.99 Å². The van der Waals surface area contributed by atoms with E-state index in [1.165, 1.54) is 82.9 Å². The zero-order valence-corrected chi connectivity index (χ0v) is 16.1. The van der Waals surface area contributed by atoms with Crippen LogP contribution in [-0.4, -0.2) is 36.9 Å². The number of rotatable bonds is 16. The zero-order valence-electron chi connectivity index (χ0n) is 16.1. The van der Waals surface area contributed by atoms with Crippen molar-refractivity contribution < 1.29 is 0 Å². The molecule has 24 heavy (non-hydrogen) atoms. The van der Waals surface area contributed by atoms with Crippen LogP contribution in [0, 0.1) is 0 Å². The Kier molecular flexibility index (Phi) is 13.9. The molecule has 0 aromatic rings. The Morgan fingerprint density at radius 3 is 2.21 bits per heavy atom. The van der Waals surface area contributed by atoms with Gasteiger partial charge in [0.1, 0.15) is 0 Å². The van der Waals surface area contributed by atoms with Crippen LogP contribution in [0.3, 0.4) is 0 Å². The molecule has 0 aliphatic carbocycles. The average molecular weight is 336 g/mol. The van der Waals surface area contributed by atoms with Gasteiger partial charge in [0.2, 0.25) is 0 Å². The topological polar surface area (TPSA) is 41.6 Å². The van der Waals surface area contributed by atoms with Crippen molar-refractivity contribution in [2.24, 2.45) is 10.7 Å². The van der Waals surface area contributed by atoms with Crippen molar-refractivity contribution in [3.63, 3.8) is 0 Å². The number of hydrogen-bond acceptors (Lipinski definition) is 3. The van der Waals surface area contributed by atoms with Crippen LogP contribution >= 0.6 is 0 Å². The number of unbranched alkanes of at least 4 members (excludes halogenated alkanes) is 10. The smallest absolute Gasteiger partial charge is 0.0990 e. The van der Waals surface area contributed by atoms with Gasteiger partial charge in [-0.2, -0.15) is 0 Å². The Morgan fingerprint density at radius 2 is 1.54 bits per heavy atom. The number of hydrogen-bond donors (Lipinski definition) is 1. The first-order chi connectivity index (χ1) is 11.9. The highest BCUT2D eigenvalue weighted by Gasteiger charge is 2.14. The fourth-order valence-corrected chi connectivity index (χ4v) is 3.35. The number of nitrogens with two attached hydrogens (primary N) is 1. The molecule has 0 amide bonds. The van der Waals surface area contributed by atoms with Gasteiger partial charge < -0.3 is 10.6 Å². The molecule has 0 saturated heterocycles. The molecule has 1 heterocycles. The molecular weight excluding hydrogens is 294 g/mol. The van der Waals surface area contributed by atoms with Crippen molar-refractivity contribution in [3.8, 4) is 0 Å². The summed E-state index contributed by atoms with van der Waals surface area (Å²) in [4.78, 5) is 6.99. The Labute approximate surface area is 150 Å². The van der Waals surface area contributed by atoms with Gasteiger partial charge in [-0.05, 0) is 25.7 Å². The van der Waals surface area contributed by atoms with Crippen molar-refractivity contribution in [1.29, 1.82) is 0 Å². The molecule has 1 rings (SSSR count). The first kappa shape index (κ1) is 21.2. The number of aliphatic imine (C=N–C) groups is 1. The van der Waals surface area contributed by atoms with Gasteiger partial charge in [-0.25, -0.2) is 0 Å². The molecule has 140 valence electrons. The molecule has 1 aliphatic rings. The maximum Gasteiger partial charge on any atom is 0.0990 e. The molecule has 0 bridgehead atoms. The van der Waals surface area contributed by atoms with Gasteiger partial charge >= 0.3 is 0 Å². The Morgan fingerprint density at radius 1 is 0.917 bits per heavy atom. The number of allylic oxidation sites excluding steroid dienone is 2. The quantitative estimate of drug-likeness (QED) is 0.307. The van der Waals surface area contributed by atoms with E-state index >= 15 is 0 Å². The first-order valence-electron chi connectivity index (χ1n) is 10.5. The van der Waals surface area contributed by atoms with Crippen LogP contribution in [-0.2, 0) is 0 Å². The highest BCUT2D eigenvalue weighted by atomic mass is 15.2. The summed E-state index contributed by atoms with van der Waals surface area (Å²) in [6.07, 6.45) is 22.2. The van der Waals surface area contributed by atoms with E-state index in [9.17, 15) is 0 Å². The van der Waals surface area contributed by atoms with E-state index in [1.807, 2.05) is 0 Å². The Hall–Kier alpha value is -0.830. The van der Waals surface area contributed by atoms with Crippen molar-refractivity contribution >= 4 is 5.84 Å². The van der Waals surface area contributed by atoms with E-state index in [2.05, 4.69) is 29.0 Å². The Balaban J connectivity index is 1.81. The largest absolute Gasteiger partial charge is 0.357 e. The molecule has 3 heteroatoms. The third-order valence-electron chi connectivity index (χ3n) is 4.82. The van der Waals surface area contributed by atoms with Crippen molar-refractivity contribution in [2.75, 3.05) is 26.2 Å². The second-order valence-corrected chi connectivity index (χ2v) is 7.05. The lowest BCUT2D eigenvalue weighted by molar-refractivity contribution is 0.456. The third kappa shape index (κ3) is 10.9. The standard InChI is InChI=1S/C21H41N3/c1-2-3-4-5-6-7-8-9-10-11-12-13-14-15-16-21-23-18-20-24(21)19-17-22/h4-5H,2-3,6-20,22H2,1H3/b5-4+. The lowest BCUT2D eigenvalue weighted by atomic mass is 10.1. The fraction of sp³-hybridized carbons (Fsp3) is 0.857. The minimum absolute atomic E-state index is 0.744. The molecule has 0 aromatic carbocycles. The minimum atomic E-state index is 0.744. The van der Waals surface area contributed by atoms with Crippen LogP contribution in [0.4, 0.5) is 0 Å². The van der Waals surface area contributed by atoms with Crippen LogP contribution in [0.5, 0.6) is 0 Å². The fourth-order valence-electron chi connectivity index (χ4n) is 3.35. The van der Waals surface area contributed by atoms with Gasteiger partial charge in [-0.15, -0.1) is 0 Å². The number of nitrogens with zero attached hydrogens (tertiary/aromatic N) is 2. The molecule has 0 unspecified atom stereocenters. The summed E-state index contributed by atoms with van der Waals surface area (Å²) < 4.78 is 0. The summed E-state index contributed by atoms with van der Waals surface area (Å²) in [5, 5.41) is 0. The molecule has 2 N–H and O–H groups in total. The summed E-state index contributed by atoms with van der Waals surface area (Å²) >= 11 is 0. The van der Waals surface area contributed by atoms with Gasteiger partial charge in [0.15, 0.2) is 0 Å². The summed E-state index contributed by atoms with van der Waals surface area (Å²) in [6.45, 7) is 6.02. The van der Waals surface area contributed by atoms with Crippen molar-refractivity contribution in [3.05, 3.63) is 12.2 Å². The molecule has 0 fully saturated rings. The second-order valence-electron chi connectivity index (χ2n) is 7.05. The second kappa shape index (κ2) is 15.7. The van der Waals surface area contributed by atoms with E-state index < -0.39 is 0 Å². The van der Waals surface area contributed by atoms with Crippen LogP contribution in [0.15, 0.2) is 17.1 Å². The van der Waals surface area contributed by atoms with E-state index in [1.54, 1.807) is 0 Å². The molecule has 0 atom stereocenters. The SMILES string of the molecule is CCC/C=C/CCCCCCCCCCCC1=NCCN1CCN. The number of amidine groups is 1. The maximum absolute atomic E-state index is 5.65. The maximum atomic E-state index is 5.65. The monoisotopic (exact) mass is 335 g/mol. The van der Waals surface area contributed by atoms with E-state index in [0.29, 0.717) is 0 Å². The molecule has 0 radical (unpaired) electrons. The van der Waals surface area contributed by atoms with E-state index in [-0.39, 0.29) is 0 Å². The zero-order chi connectivity index (χ0) is 17.3. The first-order valence-corrected chi connectivity index (χ1v) is 10.5. The van der Waals surface area contributed by atoms with Crippen LogP contribution in [0.1, 0.15) is 90.4 Å². The third-order valence-corrected chi connectivity index (χ3v) is 4.82. The molecule has 3 nitrogen and oxygen atoms in total. The minimum Gasteiger partial charge on any atom is -0.357 e. The van der Waals surface area contributed by atoms with Crippen LogP contribution in [0.25, 0.3) is 0 Å². The predicted molar refractivity (Wildman–Crippen MR) is 108 cm³/mol. The summed E-state index contributed by atoms with van der Waals surface area (Å²) in [5.74, 6) is 1.31. The summed E-state index contributed by atoms with van der Waals surface area (Å²) in [5.41, 5.74) is 5.65. The van der Waals surface area contributed by atoms with Crippen molar-refractivity contribution in [1.82, 2.24) is 4.90 Å². The molecule has 0 saturated carbocycles. The lowest BCUT2D eigenvalue weighted by Crippen LogP contribution is -2.32. The van der Waals surface area contributed by atoms with Gasteiger partial charge in [0, 0.05) is 26.1 Å². The summed E-state index contributed by atoms with van der Waals surface area (Å²) in [7, 11) is 0. The molecule has 0 spiro atoms. The highest BCUT2D eigenvalue weighted by molar-refractivity contribution is 5.83. The molecule has 1 aliphatic heterocycles. The van der Waals surface area contributed by atoms with E-state index in [0.717, 1.165) is 32.6 Å².